The number of amides is 2. The van der Waals surface area contributed by atoms with Crippen LogP contribution in [0.25, 0.3) is 0 Å². The van der Waals surface area contributed by atoms with Crippen molar-refractivity contribution in [1.29, 1.82) is 0 Å². The molecule has 0 aliphatic heterocycles. The average molecular weight is 186 g/mol. The summed E-state index contributed by atoms with van der Waals surface area (Å²) in [5, 5.41) is 0. The Morgan fingerprint density at radius 1 is 1.38 bits per heavy atom. The second-order valence-electron chi connectivity index (χ2n) is 3.49. The first-order chi connectivity index (χ1) is 5.97. The molecule has 0 aromatic carbocycles. The topological polar surface area (TPSA) is 63.4 Å². The maximum atomic E-state index is 11.3. The quantitative estimate of drug-likeness (QED) is 0.674. The zero-order valence-corrected chi connectivity index (χ0v) is 8.54. The molecule has 0 bridgehead atoms. The molecule has 2 amide bonds. The molecular weight excluding hydrogens is 168 g/mol. The largest absolute Gasteiger partial charge is 0.368 e. The molecule has 0 aliphatic rings. The van der Waals surface area contributed by atoms with Crippen molar-refractivity contribution >= 4 is 11.8 Å². The fraction of sp³-hybridized carbons (Fsp3) is 0.778. The van der Waals surface area contributed by atoms with Crippen molar-refractivity contribution in [2.75, 3.05) is 13.1 Å². The molecule has 0 aromatic rings. The first-order valence-corrected chi connectivity index (χ1v) is 4.53. The van der Waals surface area contributed by atoms with Gasteiger partial charge in [-0.25, -0.2) is 0 Å². The smallest absolute Gasteiger partial charge is 0.237 e. The van der Waals surface area contributed by atoms with Gasteiger partial charge in [0.15, 0.2) is 0 Å². The van der Waals surface area contributed by atoms with Crippen molar-refractivity contribution in [3.05, 3.63) is 0 Å². The molecule has 0 atom stereocenters. The summed E-state index contributed by atoms with van der Waals surface area (Å²) >= 11 is 0. The Balaban J connectivity index is 4.18. The van der Waals surface area contributed by atoms with E-state index in [1.165, 1.54) is 4.90 Å². The van der Waals surface area contributed by atoms with Gasteiger partial charge in [0.25, 0.3) is 0 Å². The lowest BCUT2D eigenvalue weighted by atomic mass is 10.2. The molecule has 2 N–H and O–H groups in total. The molecule has 76 valence electrons. The van der Waals surface area contributed by atoms with Crippen molar-refractivity contribution in [3.63, 3.8) is 0 Å². The summed E-state index contributed by atoms with van der Waals surface area (Å²) in [6.45, 7) is 6.39. The Morgan fingerprint density at radius 2 is 1.92 bits per heavy atom. The van der Waals surface area contributed by atoms with Gasteiger partial charge >= 0.3 is 0 Å². The van der Waals surface area contributed by atoms with Gasteiger partial charge in [0.2, 0.25) is 11.8 Å². The highest BCUT2D eigenvalue weighted by molar-refractivity contribution is 5.83. The third-order valence-electron chi connectivity index (χ3n) is 1.59. The minimum Gasteiger partial charge on any atom is -0.368 e. The minimum absolute atomic E-state index is 0.0208. The maximum Gasteiger partial charge on any atom is 0.237 e. The van der Waals surface area contributed by atoms with Gasteiger partial charge in [-0.1, -0.05) is 20.8 Å². The molecule has 0 spiro atoms. The van der Waals surface area contributed by atoms with E-state index in [0.717, 1.165) is 0 Å². The molecule has 13 heavy (non-hydrogen) atoms. The monoisotopic (exact) mass is 186 g/mol. The summed E-state index contributed by atoms with van der Waals surface area (Å²) in [7, 11) is 0. The SMILES string of the molecule is CCC(=O)N(CC(N)=O)CC(C)C. The lowest BCUT2D eigenvalue weighted by Crippen LogP contribution is -2.40. The molecule has 0 saturated carbocycles. The molecule has 4 heteroatoms. The summed E-state index contributed by atoms with van der Waals surface area (Å²) in [6.07, 6.45) is 0.417. The van der Waals surface area contributed by atoms with E-state index in [4.69, 9.17) is 5.73 Å². The van der Waals surface area contributed by atoms with Gasteiger partial charge in [0.05, 0.1) is 6.54 Å². The lowest BCUT2D eigenvalue weighted by molar-refractivity contribution is -0.135. The lowest BCUT2D eigenvalue weighted by Gasteiger charge is -2.22. The number of primary amides is 1. The molecule has 0 aromatic heterocycles. The third-order valence-corrected chi connectivity index (χ3v) is 1.59. The maximum absolute atomic E-state index is 11.3. The van der Waals surface area contributed by atoms with Crippen LogP contribution in [0, 0.1) is 5.92 Å². The number of nitrogens with zero attached hydrogens (tertiary/aromatic N) is 1. The molecule has 0 radical (unpaired) electrons. The standard InChI is InChI=1S/C9H18N2O2/c1-4-9(13)11(5-7(2)3)6-8(10)12/h7H,4-6H2,1-3H3,(H2,10,12). The van der Waals surface area contributed by atoms with Crippen molar-refractivity contribution in [1.82, 2.24) is 4.90 Å². The van der Waals surface area contributed by atoms with Gasteiger partial charge in [-0.3, -0.25) is 9.59 Å². The summed E-state index contributed by atoms with van der Waals surface area (Å²) < 4.78 is 0. The predicted octanol–water partition coefficient (Wildman–Crippen LogP) is 0.366. The molecule has 0 unspecified atom stereocenters. The van der Waals surface area contributed by atoms with Gasteiger partial charge < -0.3 is 10.6 Å². The Bertz CT molecular complexity index is 190. The number of rotatable bonds is 5. The van der Waals surface area contributed by atoms with E-state index in [-0.39, 0.29) is 12.5 Å². The summed E-state index contributed by atoms with van der Waals surface area (Å²) in [6, 6.07) is 0. The van der Waals surface area contributed by atoms with E-state index >= 15 is 0 Å². The summed E-state index contributed by atoms with van der Waals surface area (Å²) in [5.41, 5.74) is 5.03. The van der Waals surface area contributed by atoms with E-state index in [2.05, 4.69) is 0 Å². The van der Waals surface area contributed by atoms with Crippen LogP contribution in [0.3, 0.4) is 0 Å². The van der Waals surface area contributed by atoms with Crippen molar-refractivity contribution in [2.24, 2.45) is 11.7 Å². The number of hydrogen-bond donors (Lipinski definition) is 1. The van der Waals surface area contributed by atoms with Crippen LogP contribution in [0.1, 0.15) is 27.2 Å². The van der Waals surface area contributed by atoms with Gasteiger partial charge in [-0.05, 0) is 5.92 Å². The Hall–Kier alpha value is -1.06. The van der Waals surface area contributed by atoms with Crippen LogP contribution in [0.2, 0.25) is 0 Å². The number of nitrogens with two attached hydrogens (primary N) is 1. The highest BCUT2D eigenvalue weighted by Crippen LogP contribution is 2.00. The first-order valence-electron chi connectivity index (χ1n) is 4.53. The van der Waals surface area contributed by atoms with Crippen LogP contribution in [-0.4, -0.2) is 29.8 Å². The van der Waals surface area contributed by atoms with Crippen LogP contribution in [0.4, 0.5) is 0 Å². The zero-order valence-electron chi connectivity index (χ0n) is 8.54. The highest BCUT2D eigenvalue weighted by atomic mass is 16.2. The van der Waals surface area contributed by atoms with E-state index < -0.39 is 5.91 Å². The summed E-state index contributed by atoms with van der Waals surface area (Å²) in [4.78, 5) is 23.4. The van der Waals surface area contributed by atoms with Gasteiger partial charge in [0.1, 0.15) is 0 Å². The molecule has 0 saturated heterocycles. The second-order valence-corrected chi connectivity index (χ2v) is 3.49. The first kappa shape index (κ1) is 11.9. The Morgan fingerprint density at radius 3 is 2.23 bits per heavy atom. The van der Waals surface area contributed by atoms with Gasteiger partial charge in [-0.2, -0.15) is 0 Å². The molecular formula is C9H18N2O2. The van der Waals surface area contributed by atoms with E-state index in [0.29, 0.717) is 18.9 Å². The second kappa shape index (κ2) is 5.56. The van der Waals surface area contributed by atoms with Crippen LogP contribution in [0.5, 0.6) is 0 Å². The summed E-state index contributed by atoms with van der Waals surface area (Å²) in [5.74, 6) is -0.121. The van der Waals surface area contributed by atoms with Crippen molar-refractivity contribution in [2.45, 2.75) is 27.2 Å². The molecule has 0 aliphatic carbocycles. The minimum atomic E-state index is -0.456. The van der Waals surface area contributed by atoms with Gasteiger partial charge in [-0.15, -0.1) is 0 Å². The normalized spacial score (nSPS) is 10.2. The molecule has 4 nitrogen and oxygen atoms in total. The van der Waals surface area contributed by atoms with Crippen LogP contribution in [0.15, 0.2) is 0 Å². The van der Waals surface area contributed by atoms with Crippen LogP contribution in [-0.2, 0) is 9.59 Å². The Kier molecular flexibility index (Phi) is 5.11. The fourth-order valence-corrected chi connectivity index (χ4v) is 1.11. The van der Waals surface area contributed by atoms with E-state index in [9.17, 15) is 9.59 Å². The predicted molar refractivity (Wildman–Crippen MR) is 50.9 cm³/mol. The van der Waals surface area contributed by atoms with Crippen molar-refractivity contribution < 1.29 is 9.59 Å². The van der Waals surface area contributed by atoms with Crippen molar-refractivity contribution in [3.8, 4) is 0 Å². The van der Waals surface area contributed by atoms with E-state index in [1.54, 1.807) is 6.92 Å². The van der Waals surface area contributed by atoms with E-state index in [1.807, 2.05) is 13.8 Å². The Labute approximate surface area is 79.1 Å². The van der Waals surface area contributed by atoms with Crippen LogP contribution >= 0.6 is 0 Å². The number of carbonyl (C=O) groups is 2. The van der Waals surface area contributed by atoms with Crippen LogP contribution < -0.4 is 5.73 Å². The number of hydrogen-bond acceptors (Lipinski definition) is 2. The number of carbonyl (C=O) groups excluding carboxylic acids is 2. The van der Waals surface area contributed by atoms with Gasteiger partial charge in [0, 0.05) is 13.0 Å². The highest BCUT2D eigenvalue weighted by Gasteiger charge is 2.14. The average Bonchev–Trinajstić information content (AvgIpc) is 2.00. The molecule has 0 heterocycles. The fourth-order valence-electron chi connectivity index (χ4n) is 1.11. The molecule has 0 rings (SSSR count). The zero-order chi connectivity index (χ0) is 10.4. The molecule has 0 fully saturated rings. The third kappa shape index (κ3) is 5.22.